The van der Waals surface area contributed by atoms with Gasteiger partial charge < -0.3 is 9.84 Å². The Morgan fingerprint density at radius 3 is 2.68 bits per heavy atom. The highest BCUT2D eigenvalue weighted by Crippen LogP contribution is 2.24. The minimum absolute atomic E-state index is 0.145. The molecule has 1 heterocycles. The third-order valence-electron chi connectivity index (χ3n) is 4.01. The number of ether oxygens (including phenoxy) is 1. The zero-order chi connectivity index (χ0) is 13.7. The molecule has 0 bridgehead atoms. The molecule has 0 saturated carbocycles. The van der Waals surface area contributed by atoms with Crippen molar-refractivity contribution >= 4 is 0 Å². The third-order valence-corrected chi connectivity index (χ3v) is 4.01. The Bertz CT molecular complexity index is 362. The predicted octanol–water partition coefficient (Wildman–Crippen LogP) is 2.61. The highest BCUT2D eigenvalue weighted by atomic mass is 16.5. The van der Waals surface area contributed by atoms with Gasteiger partial charge in [0.25, 0.3) is 0 Å². The van der Waals surface area contributed by atoms with Gasteiger partial charge in [0.1, 0.15) is 0 Å². The summed E-state index contributed by atoms with van der Waals surface area (Å²) in [5, 5.41) is 10.5. The summed E-state index contributed by atoms with van der Waals surface area (Å²) in [6, 6.07) is 10.1. The van der Waals surface area contributed by atoms with Crippen LogP contribution in [0.3, 0.4) is 0 Å². The van der Waals surface area contributed by atoms with Gasteiger partial charge >= 0.3 is 0 Å². The Morgan fingerprint density at radius 1 is 1.37 bits per heavy atom. The summed E-state index contributed by atoms with van der Waals surface area (Å²) >= 11 is 0. The van der Waals surface area contributed by atoms with E-state index in [0.717, 1.165) is 38.0 Å². The number of nitrogens with zero attached hydrogens (tertiary/aromatic N) is 1. The smallest absolute Gasteiger partial charge is 0.0944 e. The van der Waals surface area contributed by atoms with Crippen LogP contribution in [0.25, 0.3) is 0 Å². The van der Waals surface area contributed by atoms with Crippen molar-refractivity contribution in [1.29, 1.82) is 0 Å². The highest BCUT2D eigenvalue weighted by Gasteiger charge is 2.26. The summed E-state index contributed by atoms with van der Waals surface area (Å²) < 4.78 is 5.68. The molecule has 3 atom stereocenters. The topological polar surface area (TPSA) is 32.7 Å². The second kappa shape index (κ2) is 7.04. The Kier molecular flexibility index (Phi) is 5.37. The van der Waals surface area contributed by atoms with Crippen LogP contribution in [0.15, 0.2) is 30.3 Å². The Labute approximate surface area is 116 Å². The van der Waals surface area contributed by atoms with Crippen molar-refractivity contribution in [2.75, 3.05) is 20.2 Å². The number of likely N-dealkylation sites (N-methyl/N-ethyl adjacent to an activating group) is 1. The number of hydrogen-bond donors (Lipinski definition) is 1. The lowest BCUT2D eigenvalue weighted by molar-refractivity contribution is 0.0215. The van der Waals surface area contributed by atoms with E-state index in [1.54, 1.807) is 0 Å². The zero-order valence-corrected chi connectivity index (χ0v) is 12.0. The summed E-state index contributed by atoms with van der Waals surface area (Å²) in [5.41, 5.74) is 0.994. The third kappa shape index (κ3) is 3.78. The molecule has 0 spiro atoms. The van der Waals surface area contributed by atoms with Gasteiger partial charge in [-0.25, -0.2) is 0 Å². The molecule has 0 aromatic heterocycles. The van der Waals surface area contributed by atoms with Crippen LogP contribution in [0.4, 0.5) is 0 Å². The van der Waals surface area contributed by atoms with Gasteiger partial charge in [0.15, 0.2) is 0 Å². The molecule has 1 aromatic carbocycles. The summed E-state index contributed by atoms with van der Waals surface area (Å²) in [6.07, 6.45) is 3.14. The summed E-state index contributed by atoms with van der Waals surface area (Å²) in [6.45, 7) is 3.92. The highest BCUT2D eigenvalue weighted by molar-refractivity contribution is 5.18. The predicted molar refractivity (Wildman–Crippen MR) is 77.1 cm³/mol. The van der Waals surface area contributed by atoms with Gasteiger partial charge in [-0.2, -0.15) is 0 Å². The fraction of sp³-hybridized carbons (Fsp3) is 0.625. The van der Waals surface area contributed by atoms with E-state index in [-0.39, 0.29) is 6.04 Å². The molecule has 1 fully saturated rings. The molecule has 1 aliphatic heterocycles. The summed E-state index contributed by atoms with van der Waals surface area (Å²) in [5.74, 6) is 0. The molecule has 3 nitrogen and oxygen atoms in total. The van der Waals surface area contributed by atoms with Gasteiger partial charge in [-0.1, -0.05) is 37.3 Å². The second-order valence-electron chi connectivity index (χ2n) is 5.41. The molecule has 3 unspecified atom stereocenters. The normalized spacial score (nSPS) is 22.6. The molecule has 106 valence electrons. The van der Waals surface area contributed by atoms with E-state index in [9.17, 15) is 5.11 Å². The van der Waals surface area contributed by atoms with Crippen molar-refractivity contribution in [2.45, 2.75) is 44.4 Å². The van der Waals surface area contributed by atoms with Crippen molar-refractivity contribution in [2.24, 2.45) is 0 Å². The van der Waals surface area contributed by atoms with Crippen LogP contribution in [0.2, 0.25) is 0 Å². The minimum Gasteiger partial charge on any atom is -0.387 e. The molecule has 1 saturated heterocycles. The van der Waals surface area contributed by atoms with Crippen LogP contribution in [-0.2, 0) is 4.74 Å². The molecule has 19 heavy (non-hydrogen) atoms. The quantitative estimate of drug-likeness (QED) is 0.856. The fourth-order valence-electron chi connectivity index (χ4n) is 2.89. The van der Waals surface area contributed by atoms with Crippen LogP contribution < -0.4 is 0 Å². The van der Waals surface area contributed by atoms with Gasteiger partial charge in [-0.05, 0) is 31.9 Å². The first-order valence-electron chi connectivity index (χ1n) is 7.27. The molecule has 2 rings (SSSR count). The lowest BCUT2D eigenvalue weighted by Crippen LogP contribution is -2.40. The van der Waals surface area contributed by atoms with Crippen LogP contribution in [0.5, 0.6) is 0 Å². The monoisotopic (exact) mass is 263 g/mol. The molecular weight excluding hydrogens is 238 g/mol. The largest absolute Gasteiger partial charge is 0.387 e. The Balaban J connectivity index is 1.97. The maximum Gasteiger partial charge on any atom is 0.0944 e. The van der Waals surface area contributed by atoms with Gasteiger partial charge in [0.2, 0.25) is 0 Å². The van der Waals surface area contributed by atoms with E-state index in [4.69, 9.17) is 4.74 Å². The van der Waals surface area contributed by atoms with Crippen LogP contribution in [-0.4, -0.2) is 42.4 Å². The van der Waals surface area contributed by atoms with Gasteiger partial charge in [0, 0.05) is 19.2 Å². The Morgan fingerprint density at radius 2 is 2.11 bits per heavy atom. The average molecular weight is 263 g/mol. The van der Waals surface area contributed by atoms with Gasteiger partial charge in [0.05, 0.1) is 12.2 Å². The van der Waals surface area contributed by atoms with Gasteiger partial charge in [-0.15, -0.1) is 0 Å². The van der Waals surface area contributed by atoms with Crippen LogP contribution in [0.1, 0.15) is 37.9 Å². The molecule has 0 aliphatic carbocycles. The zero-order valence-electron chi connectivity index (χ0n) is 12.0. The van der Waals surface area contributed by atoms with E-state index in [1.807, 2.05) is 30.3 Å². The van der Waals surface area contributed by atoms with Crippen molar-refractivity contribution in [3.63, 3.8) is 0 Å². The number of rotatable bonds is 6. The van der Waals surface area contributed by atoms with Crippen molar-refractivity contribution in [3.05, 3.63) is 35.9 Å². The Hall–Kier alpha value is -0.900. The lowest BCUT2D eigenvalue weighted by Gasteiger charge is -2.32. The second-order valence-corrected chi connectivity index (χ2v) is 5.41. The first-order valence-corrected chi connectivity index (χ1v) is 7.27. The van der Waals surface area contributed by atoms with Gasteiger partial charge in [-0.3, -0.25) is 4.90 Å². The van der Waals surface area contributed by atoms with E-state index >= 15 is 0 Å². The standard InChI is InChI=1S/C16H25NO2/c1-3-15(16(18)13-8-5-4-6-9-13)17(2)12-14-10-7-11-19-14/h4-6,8-9,14-16,18H,3,7,10-12H2,1-2H3. The number of aliphatic hydroxyl groups is 1. The SMILES string of the molecule is CCC(C(O)c1ccccc1)N(C)CC1CCCO1. The van der Waals surface area contributed by atoms with Crippen molar-refractivity contribution < 1.29 is 9.84 Å². The number of hydrogen-bond acceptors (Lipinski definition) is 3. The molecule has 0 amide bonds. The molecule has 1 aromatic rings. The summed E-state index contributed by atoms with van der Waals surface area (Å²) in [4.78, 5) is 2.24. The van der Waals surface area contributed by atoms with Crippen molar-refractivity contribution in [1.82, 2.24) is 4.90 Å². The van der Waals surface area contributed by atoms with E-state index in [2.05, 4.69) is 18.9 Å². The molecular formula is C16H25NO2. The van der Waals surface area contributed by atoms with Crippen molar-refractivity contribution in [3.8, 4) is 0 Å². The number of aliphatic hydroxyl groups excluding tert-OH is 1. The first-order chi connectivity index (χ1) is 9.22. The maximum atomic E-state index is 10.5. The van der Waals surface area contributed by atoms with E-state index < -0.39 is 6.10 Å². The maximum absolute atomic E-state index is 10.5. The first kappa shape index (κ1) is 14.5. The summed E-state index contributed by atoms with van der Waals surface area (Å²) in [7, 11) is 2.09. The number of benzene rings is 1. The van der Waals surface area contributed by atoms with Crippen LogP contribution >= 0.6 is 0 Å². The minimum atomic E-state index is -0.433. The molecule has 0 radical (unpaired) electrons. The van der Waals surface area contributed by atoms with E-state index in [1.165, 1.54) is 0 Å². The van der Waals surface area contributed by atoms with E-state index in [0.29, 0.717) is 6.10 Å². The molecule has 3 heteroatoms. The van der Waals surface area contributed by atoms with Crippen LogP contribution in [0, 0.1) is 0 Å². The average Bonchev–Trinajstić information content (AvgIpc) is 2.93. The fourth-order valence-corrected chi connectivity index (χ4v) is 2.89. The molecule has 1 aliphatic rings. The molecule has 1 N–H and O–H groups in total. The lowest BCUT2D eigenvalue weighted by atomic mass is 9.99.